The van der Waals surface area contributed by atoms with E-state index in [1.807, 2.05) is 0 Å². The molecule has 2 saturated heterocycles. The van der Waals surface area contributed by atoms with Gasteiger partial charge in [-0.15, -0.1) is 0 Å². The minimum atomic E-state index is -2.90. The van der Waals surface area contributed by atoms with Gasteiger partial charge in [-0.25, -0.2) is 8.42 Å². The van der Waals surface area contributed by atoms with Gasteiger partial charge in [-0.2, -0.15) is 0 Å². The summed E-state index contributed by atoms with van der Waals surface area (Å²) in [5.41, 5.74) is 0. The van der Waals surface area contributed by atoms with Gasteiger partial charge < -0.3 is 10.1 Å². The van der Waals surface area contributed by atoms with Crippen LogP contribution in [0.15, 0.2) is 0 Å². The van der Waals surface area contributed by atoms with Crippen LogP contribution < -0.4 is 5.32 Å². The predicted octanol–water partition coefficient (Wildman–Crippen LogP) is 2.67. The maximum absolute atomic E-state index is 12.3. The van der Waals surface area contributed by atoms with Gasteiger partial charge in [-0.05, 0) is 57.9 Å². The molecule has 124 valence electrons. The normalized spacial score (nSPS) is 30.3. The molecule has 0 aromatic carbocycles. The summed E-state index contributed by atoms with van der Waals surface area (Å²) in [6, 6.07) is 0.136. The van der Waals surface area contributed by atoms with E-state index < -0.39 is 9.84 Å². The Morgan fingerprint density at radius 2 is 2.10 bits per heavy atom. The van der Waals surface area contributed by atoms with E-state index in [1.54, 1.807) is 0 Å². The molecule has 1 N–H and O–H groups in total. The Morgan fingerprint density at radius 1 is 1.24 bits per heavy atom. The second kappa shape index (κ2) is 8.49. The Labute approximate surface area is 129 Å². The molecule has 5 heteroatoms. The molecule has 0 bridgehead atoms. The Kier molecular flexibility index (Phi) is 6.96. The van der Waals surface area contributed by atoms with Gasteiger partial charge in [0, 0.05) is 12.6 Å². The van der Waals surface area contributed by atoms with Crippen molar-refractivity contribution in [3.8, 4) is 0 Å². The van der Waals surface area contributed by atoms with Crippen LogP contribution in [-0.2, 0) is 14.6 Å². The minimum Gasteiger partial charge on any atom is -0.378 e. The van der Waals surface area contributed by atoms with Crippen molar-refractivity contribution >= 4 is 9.84 Å². The minimum absolute atomic E-state index is 0.136. The predicted molar refractivity (Wildman–Crippen MR) is 86.3 cm³/mol. The second-order valence-corrected chi connectivity index (χ2v) is 8.87. The van der Waals surface area contributed by atoms with Crippen LogP contribution in [0.3, 0.4) is 0 Å². The molecule has 0 aromatic heterocycles. The topological polar surface area (TPSA) is 55.4 Å². The van der Waals surface area contributed by atoms with Gasteiger partial charge in [0.15, 0.2) is 9.84 Å². The average Bonchev–Trinajstić information content (AvgIpc) is 2.96. The fourth-order valence-corrected chi connectivity index (χ4v) is 5.79. The molecule has 2 aliphatic rings. The largest absolute Gasteiger partial charge is 0.378 e. The van der Waals surface area contributed by atoms with Crippen LogP contribution in [0.1, 0.15) is 64.7 Å². The summed E-state index contributed by atoms with van der Waals surface area (Å²) in [6.45, 7) is 3.95. The van der Waals surface area contributed by atoms with E-state index in [-0.39, 0.29) is 11.3 Å². The van der Waals surface area contributed by atoms with Crippen LogP contribution in [-0.4, -0.2) is 44.7 Å². The number of hydrogen-bond acceptors (Lipinski definition) is 4. The van der Waals surface area contributed by atoms with Crippen LogP contribution in [0.5, 0.6) is 0 Å². The van der Waals surface area contributed by atoms with Crippen molar-refractivity contribution in [1.29, 1.82) is 0 Å². The standard InChI is InChI=1S/C16H31NO3S/c1-2-11-17-15(9-5-7-14-8-6-12-20-14)16-10-3-4-13-21(16,18)19/h14-17H,2-13H2,1H3. The molecule has 0 saturated carbocycles. The Morgan fingerprint density at radius 3 is 2.76 bits per heavy atom. The molecule has 21 heavy (non-hydrogen) atoms. The zero-order valence-electron chi connectivity index (χ0n) is 13.4. The quantitative estimate of drug-likeness (QED) is 0.748. The maximum atomic E-state index is 12.3. The average molecular weight is 317 g/mol. The van der Waals surface area contributed by atoms with Crippen molar-refractivity contribution in [2.24, 2.45) is 0 Å². The van der Waals surface area contributed by atoms with E-state index in [0.29, 0.717) is 11.9 Å². The molecule has 4 nitrogen and oxygen atoms in total. The molecule has 2 rings (SSSR count). The SMILES string of the molecule is CCCNC(CCCC1CCCO1)C1CCCCS1(=O)=O. The molecule has 0 amide bonds. The van der Waals surface area contributed by atoms with Gasteiger partial charge in [0.2, 0.25) is 0 Å². The lowest BCUT2D eigenvalue weighted by Gasteiger charge is -2.31. The first-order chi connectivity index (χ1) is 10.1. The van der Waals surface area contributed by atoms with Gasteiger partial charge in [-0.3, -0.25) is 0 Å². The van der Waals surface area contributed by atoms with Gasteiger partial charge >= 0.3 is 0 Å². The van der Waals surface area contributed by atoms with E-state index >= 15 is 0 Å². The van der Waals surface area contributed by atoms with E-state index in [2.05, 4.69) is 12.2 Å². The van der Waals surface area contributed by atoms with Crippen LogP contribution in [0.25, 0.3) is 0 Å². The fraction of sp³-hybridized carbons (Fsp3) is 1.00. The molecule has 0 spiro atoms. The number of rotatable bonds is 8. The molecule has 3 unspecified atom stereocenters. The van der Waals surface area contributed by atoms with Crippen LogP contribution in [0.4, 0.5) is 0 Å². The lowest BCUT2D eigenvalue weighted by atomic mass is 9.99. The van der Waals surface area contributed by atoms with Gasteiger partial charge in [0.25, 0.3) is 0 Å². The molecule has 2 heterocycles. The van der Waals surface area contributed by atoms with E-state index in [1.165, 1.54) is 12.8 Å². The highest BCUT2D eigenvalue weighted by molar-refractivity contribution is 7.92. The summed E-state index contributed by atoms with van der Waals surface area (Å²) < 4.78 is 30.3. The van der Waals surface area contributed by atoms with Crippen LogP contribution in [0, 0.1) is 0 Å². The number of sulfone groups is 1. The Hall–Kier alpha value is -0.130. The summed E-state index contributed by atoms with van der Waals surface area (Å²) in [5.74, 6) is 0.383. The zero-order chi connectivity index (χ0) is 15.1. The molecule has 0 aliphatic carbocycles. The molecule has 0 radical (unpaired) electrons. The molecule has 2 aliphatic heterocycles. The summed E-state index contributed by atoms with van der Waals surface area (Å²) >= 11 is 0. The zero-order valence-corrected chi connectivity index (χ0v) is 14.2. The first kappa shape index (κ1) is 17.2. The van der Waals surface area contributed by atoms with Gasteiger partial charge in [-0.1, -0.05) is 13.3 Å². The van der Waals surface area contributed by atoms with Gasteiger partial charge in [0.1, 0.15) is 0 Å². The van der Waals surface area contributed by atoms with Crippen molar-refractivity contribution < 1.29 is 13.2 Å². The highest BCUT2D eigenvalue weighted by Gasteiger charge is 2.35. The highest BCUT2D eigenvalue weighted by Crippen LogP contribution is 2.26. The first-order valence-electron chi connectivity index (χ1n) is 8.70. The number of hydrogen-bond donors (Lipinski definition) is 1. The summed E-state index contributed by atoms with van der Waals surface area (Å²) in [7, 11) is -2.90. The lowest BCUT2D eigenvalue weighted by molar-refractivity contribution is 0.101. The number of nitrogens with one attached hydrogen (secondary N) is 1. The monoisotopic (exact) mass is 317 g/mol. The van der Waals surface area contributed by atoms with E-state index in [0.717, 1.165) is 58.1 Å². The fourth-order valence-electron chi connectivity index (χ4n) is 3.62. The van der Waals surface area contributed by atoms with Gasteiger partial charge in [0.05, 0.1) is 17.1 Å². The van der Waals surface area contributed by atoms with Crippen molar-refractivity contribution in [2.75, 3.05) is 18.9 Å². The van der Waals surface area contributed by atoms with Crippen LogP contribution in [0.2, 0.25) is 0 Å². The smallest absolute Gasteiger partial charge is 0.154 e. The lowest BCUT2D eigenvalue weighted by Crippen LogP contribution is -2.47. The Bertz CT molecular complexity index is 390. The third-order valence-corrected chi connectivity index (χ3v) is 7.14. The summed E-state index contributed by atoms with van der Waals surface area (Å²) in [5, 5.41) is 3.34. The highest BCUT2D eigenvalue weighted by atomic mass is 32.2. The van der Waals surface area contributed by atoms with Crippen molar-refractivity contribution in [2.45, 2.75) is 82.1 Å². The van der Waals surface area contributed by atoms with E-state index in [9.17, 15) is 8.42 Å². The van der Waals surface area contributed by atoms with Crippen molar-refractivity contribution in [3.05, 3.63) is 0 Å². The molecular formula is C16H31NO3S. The number of ether oxygens (including phenoxy) is 1. The summed E-state index contributed by atoms with van der Waals surface area (Å²) in [4.78, 5) is 0. The third-order valence-electron chi connectivity index (χ3n) is 4.80. The van der Waals surface area contributed by atoms with Crippen molar-refractivity contribution in [3.63, 3.8) is 0 Å². The van der Waals surface area contributed by atoms with Crippen molar-refractivity contribution in [1.82, 2.24) is 5.32 Å². The molecular weight excluding hydrogens is 286 g/mol. The maximum Gasteiger partial charge on any atom is 0.154 e. The summed E-state index contributed by atoms with van der Waals surface area (Å²) in [6.07, 6.45) is 9.67. The molecule has 2 fully saturated rings. The third kappa shape index (κ3) is 5.22. The Balaban J connectivity index is 1.86. The van der Waals surface area contributed by atoms with Crippen LogP contribution >= 0.6 is 0 Å². The first-order valence-corrected chi connectivity index (χ1v) is 10.4. The molecule has 3 atom stereocenters. The van der Waals surface area contributed by atoms with E-state index in [4.69, 9.17) is 4.74 Å². The molecule has 0 aromatic rings. The second-order valence-electron chi connectivity index (χ2n) is 6.53.